The molecule has 7 rings (SSSR count). The molecular formula is C26H22ClN3O4S3. The Morgan fingerprint density at radius 3 is 2.57 bits per heavy atom. The maximum atomic E-state index is 13.6. The molecule has 1 saturated heterocycles. The molecule has 2 bridgehead atoms. The van der Waals surface area contributed by atoms with Gasteiger partial charge < -0.3 is 10.3 Å². The summed E-state index contributed by atoms with van der Waals surface area (Å²) in [6.07, 6.45) is 0.911. The Labute approximate surface area is 229 Å². The molecule has 4 heterocycles. The van der Waals surface area contributed by atoms with E-state index in [9.17, 15) is 19.2 Å². The highest BCUT2D eigenvalue weighted by Gasteiger charge is 2.69. The van der Waals surface area contributed by atoms with Crippen LogP contribution in [0.1, 0.15) is 28.5 Å². The number of H-pyrrole nitrogens is 1. The van der Waals surface area contributed by atoms with Crippen molar-refractivity contribution in [2.75, 3.05) is 11.9 Å². The molecule has 3 aromatic rings. The summed E-state index contributed by atoms with van der Waals surface area (Å²) in [5.41, 5.74) is 0.620. The molecule has 2 aliphatic carbocycles. The standard InChI is InChI=1S/C26H22ClN3O4S3/c27-11-3-5-12(6-4-11)28-16(31)7-8-30-24(32)18-13-10-14(19(18)25(30)33)21-17(13)20(15-2-1-9-35-15)22-23(36-21)29-26(34)37-22/h1-6,9,13-14,17-21H,7-8,10H2,(H,28,31)(H,29,34). The molecule has 4 aliphatic rings. The van der Waals surface area contributed by atoms with E-state index in [1.165, 1.54) is 21.1 Å². The number of thioether (sulfide) groups is 1. The van der Waals surface area contributed by atoms with Gasteiger partial charge in [-0.15, -0.1) is 23.1 Å². The minimum absolute atomic E-state index is 0.0484. The summed E-state index contributed by atoms with van der Waals surface area (Å²) in [6, 6.07) is 11.0. The van der Waals surface area contributed by atoms with Gasteiger partial charge in [0.2, 0.25) is 17.7 Å². The highest BCUT2D eigenvalue weighted by atomic mass is 35.5. The number of imide groups is 1. The van der Waals surface area contributed by atoms with Gasteiger partial charge in [-0.2, -0.15) is 0 Å². The molecule has 3 fully saturated rings. The van der Waals surface area contributed by atoms with E-state index in [2.05, 4.69) is 21.7 Å². The van der Waals surface area contributed by atoms with Gasteiger partial charge in [0, 0.05) is 44.6 Å². The monoisotopic (exact) mass is 571 g/mol. The van der Waals surface area contributed by atoms with Gasteiger partial charge in [-0.25, -0.2) is 0 Å². The first kappa shape index (κ1) is 23.7. The van der Waals surface area contributed by atoms with Crippen LogP contribution in [-0.4, -0.2) is 39.4 Å². The molecule has 0 radical (unpaired) electrons. The molecule has 11 heteroatoms. The van der Waals surface area contributed by atoms with Crippen molar-refractivity contribution in [2.45, 2.75) is 29.0 Å². The second-order valence-corrected chi connectivity index (χ2v) is 13.7. The van der Waals surface area contributed by atoms with Crippen LogP contribution in [0.3, 0.4) is 0 Å². The van der Waals surface area contributed by atoms with Gasteiger partial charge in [-0.05, 0) is 59.9 Å². The maximum Gasteiger partial charge on any atom is 0.305 e. The number of thiophene rings is 1. The number of nitrogens with zero attached hydrogens (tertiary/aromatic N) is 1. The number of thiazole rings is 1. The molecular weight excluding hydrogens is 550 g/mol. The van der Waals surface area contributed by atoms with E-state index < -0.39 is 0 Å². The zero-order valence-corrected chi connectivity index (χ0v) is 22.6. The fraction of sp³-hybridized carbons (Fsp3) is 0.385. The summed E-state index contributed by atoms with van der Waals surface area (Å²) in [5.74, 6) is -0.732. The number of rotatable bonds is 5. The minimum atomic E-state index is -0.335. The molecule has 2 aromatic heterocycles. The predicted octanol–water partition coefficient (Wildman–Crippen LogP) is 4.65. The first-order chi connectivity index (χ1) is 17.9. The Kier molecular flexibility index (Phi) is 5.65. The van der Waals surface area contributed by atoms with Crippen molar-refractivity contribution in [1.29, 1.82) is 0 Å². The number of carbonyl (C=O) groups excluding carboxylic acids is 3. The van der Waals surface area contributed by atoms with Crippen LogP contribution in [0.5, 0.6) is 0 Å². The van der Waals surface area contributed by atoms with Crippen molar-refractivity contribution in [3.63, 3.8) is 0 Å². The number of hydrogen-bond acceptors (Lipinski definition) is 7. The van der Waals surface area contributed by atoms with Crippen molar-refractivity contribution in [3.8, 4) is 0 Å². The Balaban J connectivity index is 1.12. The van der Waals surface area contributed by atoms with Crippen LogP contribution >= 0.6 is 46.0 Å². The topological polar surface area (TPSA) is 99.3 Å². The fourth-order valence-corrected chi connectivity index (χ4v) is 11.0. The third-order valence-electron chi connectivity index (χ3n) is 8.36. The second-order valence-electron chi connectivity index (χ2n) is 10.1. The van der Waals surface area contributed by atoms with Gasteiger partial charge in [-0.1, -0.05) is 29.0 Å². The maximum absolute atomic E-state index is 13.6. The van der Waals surface area contributed by atoms with Gasteiger partial charge in [-0.3, -0.25) is 24.1 Å². The number of anilines is 1. The van der Waals surface area contributed by atoms with E-state index in [-0.39, 0.29) is 76.3 Å². The zero-order chi connectivity index (χ0) is 25.4. The SMILES string of the molecule is O=C(CCN1C(=O)C2C3CC(C2C1=O)C1C(c2cccs2)c2sc(=O)[nH]c2SC31)Nc1ccc(Cl)cc1. The number of benzene rings is 1. The van der Waals surface area contributed by atoms with E-state index in [1.54, 1.807) is 47.4 Å². The highest BCUT2D eigenvalue weighted by Crippen LogP contribution is 2.68. The Hall–Kier alpha value is -2.40. The highest BCUT2D eigenvalue weighted by molar-refractivity contribution is 8.00. The first-order valence-electron chi connectivity index (χ1n) is 12.2. The van der Waals surface area contributed by atoms with Crippen molar-refractivity contribution < 1.29 is 14.4 Å². The number of aromatic amines is 1. The lowest BCUT2D eigenvalue weighted by atomic mass is 9.69. The van der Waals surface area contributed by atoms with Gasteiger partial charge in [0.05, 0.1) is 16.9 Å². The van der Waals surface area contributed by atoms with Gasteiger partial charge in [0.15, 0.2) is 0 Å². The average molecular weight is 572 g/mol. The third kappa shape index (κ3) is 3.67. The smallest absolute Gasteiger partial charge is 0.305 e. The van der Waals surface area contributed by atoms with Crippen molar-refractivity contribution in [1.82, 2.24) is 9.88 Å². The number of amides is 3. The predicted molar refractivity (Wildman–Crippen MR) is 144 cm³/mol. The summed E-state index contributed by atoms with van der Waals surface area (Å²) in [4.78, 5) is 58.5. The summed E-state index contributed by atoms with van der Waals surface area (Å²) in [5, 5.41) is 6.54. The Bertz CT molecular complexity index is 1470. The van der Waals surface area contributed by atoms with E-state index in [1.807, 2.05) is 6.07 Å². The van der Waals surface area contributed by atoms with E-state index in [0.29, 0.717) is 10.7 Å². The second kappa shape index (κ2) is 8.83. The van der Waals surface area contributed by atoms with Crippen molar-refractivity contribution >= 4 is 69.4 Å². The van der Waals surface area contributed by atoms with Crippen LogP contribution in [-0.2, 0) is 14.4 Å². The number of halogens is 1. The van der Waals surface area contributed by atoms with Gasteiger partial charge >= 0.3 is 4.87 Å². The van der Waals surface area contributed by atoms with E-state index in [4.69, 9.17) is 11.6 Å². The molecule has 7 nitrogen and oxygen atoms in total. The van der Waals surface area contributed by atoms with E-state index >= 15 is 0 Å². The number of nitrogens with one attached hydrogen (secondary N) is 2. The molecule has 7 unspecified atom stereocenters. The van der Waals surface area contributed by atoms with Crippen LogP contribution < -0.4 is 10.2 Å². The molecule has 0 spiro atoms. The summed E-state index contributed by atoms with van der Waals surface area (Å²) in [7, 11) is 0. The minimum Gasteiger partial charge on any atom is -0.326 e. The first-order valence-corrected chi connectivity index (χ1v) is 15.2. The van der Waals surface area contributed by atoms with Crippen molar-refractivity contribution in [3.05, 3.63) is 66.2 Å². The molecule has 3 amide bonds. The van der Waals surface area contributed by atoms with Crippen molar-refractivity contribution in [2.24, 2.45) is 29.6 Å². The molecule has 37 heavy (non-hydrogen) atoms. The lowest BCUT2D eigenvalue weighted by molar-refractivity contribution is -0.141. The van der Waals surface area contributed by atoms with E-state index in [0.717, 1.165) is 16.3 Å². The van der Waals surface area contributed by atoms with Crippen LogP contribution in [0.2, 0.25) is 5.02 Å². The number of carbonyl (C=O) groups is 3. The molecule has 190 valence electrons. The lowest BCUT2D eigenvalue weighted by Crippen LogP contribution is -2.42. The third-order valence-corrected chi connectivity index (χ3v) is 12.2. The molecule has 2 saturated carbocycles. The van der Waals surface area contributed by atoms with Gasteiger partial charge in [0.1, 0.15) is 0 Å². The zero-order valence-electron chi connectivity index (χ0n) is 19.4. The summed E-state index contributed by atoms with van der Waals surface area (Å²) >= 11 is 10.6. The van der Waals surface area contributed by atoms with Gasteiger partial charge in [0.25, 0.3) is 0 Å². The molecule has 2 aliphatic heterocycles. The average Bonchev–Trinajstić information content (AvgIpc) is 3.68. The lowest BCUT2D eigenvalue weighted by Gasteiger charge is -2.42. The number of hydrogen-bond donors (Lipinski definition) is 2. The number of fused-ring (bicyclic) bond motifs is 9. The largest absolute Gasteiger partial charge is 0.326 e. The summed E-state index contributed by atoms with van der Waals surface area (Å²) in [6.45, 7) is 0.0843. The normalized spacial score (nSPS) is 31.4. The Morgan fingerprint density at radius 1 is 1.08 bits per heavy atom. The quantitative estimate of drug-likeness (QED) is 0.434. The molecule has 2 N–H and O–H groups in total. The molecule has 1 aromatic carbocycles. The van der Waals surface area contributed by atoms with Crippen LogP contribution in [0.25, 0.3) is 0 Å². The fourth-order valence-electron chi connectivity index (χ4n) is 7.06. The summed E-state index contributed by atoms with van der Waals surface area (Å²) < 4.78 is 0. The number of aromatic nitrogens is 1. The van der Waals surface area contributed by atoms with Crippen LogP contribution in [0.4, 0.5) is 5.69 Å². The Morgan fingerprint density at radius 2 is 1.84 bits per heavy atom. The van der Waals surface area contributed by atoms with Crippen LogP contribution in [0, 0.1) is 29.6 Å². The van der Waals surface area contributed by atoms with Crippen LogP contribution in [0.15, 0.2) is 51.6 Å². The number of likely N-dealkylation sites (tertiary alicyclic amines) is 1. The molecule has 7 atom stereocenters.